The Morgan fingerprint density at radius 2 is 0.933 bits per heavy atom. The number of hydrogen-bond acceptors (Lipinski definition) is 4. The van der Waals surface area contributed by atoms with Gasteiger partial charge < -0.3 is 0 Å². The van der Waals surface area contributed by atoms with E-state index in [1.165, 1.54) is 11.1 Å². The summed E-state index contributed by atoms with van der Waals surface area (Å²) in [5, 5.41) is 1.98. The molecule has 0 spiro atoms. The number of benzene rings is 3. The first kappa shape index (κ1) is 20.5. The van der Waals surface area contributed by atoms with Crippen molar-refractivity contribution >= 4 is 46.7 Å². The predicted molar refractivity (Wildman–Crippen MR) is 132 cm³/mol. The van der Waals surface area contributed by atoms with Crippen LogP contribution in [0.15, 0.2) is 107 Å². The molecule has 2 nitrogen and oxygen atoms in total. The number of rotatable bonds is 8. The highest BCUT2D eigenvalue weighted by molar-refractivity contribution is 8.02. The molecule has 1 heterocycles. The monoisotopic (exact) mass is 426 g/mol. The number of aromatic nitrogens is 2. The molecule has 0 atom stereocenters. The minimum absolute atomic E-state index is 0.856. The van der Waals surface area contributed by atoms with Gasteiger partial charge in [0.05, 0.1) is 11.0 Å². The normalized spacial score (nSPS) is 11.6. The van der Waals surface area contributed by atoms with Crippen LogP contribution in [0, 0.1) is 0 Å². The standard InChI is InChI=1S/C26H22N2S2/c1-3-11-21(12-4-1)15-9-19-29-25-26(28-24-18-8-7-17-23(24)27-25)30-20-10-16-22-13-5-2-6-14-22/h1-18H,19-20H2. The van der Waals surface area contributed by atoms with Crippen molar-refractivity contribution in [1.29, 1.82) is 0 Å². The largest absolute Gasteiger partial charge is 0.237 e. The summed E-state index contributed by atoms with van der Waals surface area (Å²) in [6.45, 7) is 0. The minimum atomic E-state index is 0.856. The van der Waals surface area contributed by atoms with E-state index < -0.39 is 0 Å². The maximum Gasteiger partial charge on any atom is 0.129 e. The van der Waals surface area contributed by atoms with Crippen molar-refractivity contribution in [2.45, 2.75) is 10.1 Å². The number of hydrogen-bond donors (Lipinski definition) is 0. The molecular weight excluding hydrogens is 404 g/mol. The Morgan fingerprint density at radius 1 is 0.533 bits per heavy atom. The van der Waals surface area contributed by atoms with Gasteiger partial charge in [0.25, 0.3) is 0 Å². The topological polar surface area (TPSA) is 25.8 Å². The van der Waals surface area contributed by atoms with E-state index in [9.17, 15) is 0 Å². The van der Waals surface area contributed by atoms with Crippen LogP contribution in [0.1, 0.15) is 11.1 Å². The molecule has 0 bridgehead atoms. The molecule has 0 aliphatic rings. The molecule has 4 aromatic rings. The van der Waals surface area contributed by atoms with Gasteiger partial charge in [-0.05, 0) is 23.3 Å². The fraction of sp³-hybridized carbons (Fsp3) is 0.0769. The van der Waals surface area contributed by atoms with Crippen LogP contribution in [0.25, 0.3) is 23.2 Å². The first-order valence-electron chi connectivity index (χ1n) is 9.84. The van der Waals surface area contributed by atoms with Crippen molar-refractivity contribution in [1.82, 2.24) is 9.97 Å². The van der Waals surface area contributed by atoms with E-state index in [-0.39, 0.29) is 0 Å². The Kier molecular flexibility index (Phi) is 7.37. The van der Waals surface area contributed by atoms with Gasteiger partial charge in [0.1, 0.15) is 10.1 Å². The molecule has 0 aliphatic heterocycles. The summed E-state index contributed by atoms with van der Waals surface area (Å²) in [7, 11) is 0. The van der Waals surface area contributed by atoms with Gasteiger partial charge in [0, 0.05) is 11.5 Å². The summed E-state index contributed by atoms with van der Waals surface area (Å²) < 4.78 is 0. The number of nitrogens with zero attached hydrogens (tertiary/aromatic N) is 2. The summed E-state index contributed by atoms with van der Waals surface area (Å²) >= 11 is 3.46. The second-order valence-electron chi connectivity index (χ2n) is 6.57. The number of thioether (sulfide) groups is 2. The summed E-state index contributed by atoms with van der Waals surface area (Å²) in [5.41, 5.74) is 4.30. The Balaban J connectivity index is 1.46. The molecule has 0 N–H and O–H groups in total. The molecule has 30 heavy (non-hydrogen) atoms. The van der Waals surface area contributed by atoms with Crippen molar-refractivity contribution in [3.8, 4) is 0 Å². The van der Waals surface area contributed by atoms with E-state index in [0.29, 0.717) is 0 Å². The molecule has 0 aliphatic carbocycles. The van der Waals surface area contributed by atoms with E-state index in [4.69, 9.17) is 9.97 Å². The third-order valence-corrected chi connectivity index (χ3v) is 6.32. The van der Waals surface area contributed by atoms with Crippen LogP contribution < -0.4 is 0 Å². The maximum absolute atomic E-state index is 4.88. The second-order valence-corrected chi connectivity index (χ2v) is 8.59. The smallest absolute Gasteiger partial charge is 0.129 e. The van der Waals surface area contributed by atoms with E-state index in [0.717, 1.165) is 32.6 Å². The lowest BCUT2D eigenvalue weighted by Gasteiger charge is -2.07. The first-order chi connectivity index (χ1) is 14.9. The van der Waals surface area contributed by atoms with Crippen LogP contribution in [0.3, 0.4) is 0 Å². The second kappa shape index (κ2) is 10.8. The van der Waals surface area contributed by atoms with Gasteiger partial charge in [-0.2, -0.15) is 0 Å². The van der Waals surface area contributed by atoms with Gasteiger partial charge in [0.15, 0.2) is 0 Å². The molecule has 148 valence electrons. The van der Waals surface area contributed by atoms with Gasteiger partial charge in [-0.1, -0.05) is 121 Å². The Labute approximate surface area is 186 Å². The fourth-order valence-corrected chi connectivity index (χ4v) is 4.62. The zero-order valence-corrected chi connectivity index (χ0v) is 18.2. The van der Waals surface area contributed by atoms with Crippen LogP contribution in [0.4, 0.5) is 0 Å². The summed E-state index contributed by atoms with van der Waals surface area (Å²) in [6.07, 6.45) is 8.66. The third-order valence-electron chi connectivity index (χ3n) is 4.36. The van der Waals surface area contributed by atoms with Crippen LogP contribution in [-0.4, -0.2) is 21.5 Å². The van der Waals surface area contributed by atoms with Crippen molar-refractivity contribution in [2.24, 2.45) is 0 Å². The number of para-hydroxylation sites is 2. The molecule has 0 fully saturated rings. The fourth-order valence-electron chi connectivity index (χ4n) is 2.91. The minimum Gasteiger partial charge on any atom is -0.237 e. The van der Waals surface area contributed by atoms with Gasteiger partial charge in [0.2, 0.25) is 0 Å². The molecule has 0 radical (unpaired) electrons. The van der Waals surface area contributed by atoms with Gasteiger partial charge in [-0.3, -0.25) is 0 Å². The zero-order chi connectivity index (χ0) is 20.4. The van der Waals surface area contributed by atoms with Crippen molar-refractivity contribution in [2.75, 3.05) is 11.5 Å². The van der Waals surface area contributed by atoms with Crippen LogP contribution in [0.5, 0.6) is 0 Å². The lowest BCUT2D eigenvalue weighted by atomic mass is 10.2. The predicted octanol–water partition coefficient (Wildman–Crippen LogP) is 7.24. The van der Waals surface area contributed by atoms with Crippen LogP contribution >= 0.6 is 23.5 Å². The van der Waals surface area contributed by atoms with E-state index in [2.05, 4.69) is 72.8 Å². The molecule has 3 aromatic carbocycles. The van der Waals surface area contributed by atoms with Crippen molar-refractivity contribution in [3.05, 3.63) is 108 Å². The Morgan fingerprint density at radius 3 is 1.37 bits per heavy atom. The Hall–Kier alpha value is -2.82. The summed E-state index contributed by atoms with van der Waals surface area (Å²) in [5.74, 6) is 1.71. The number of fused-ring (bicyclic) bond motifs is 1. The SMILES string of the molecule is C(=Cc1ccccc1)CSc1nc2ccccc2nc1SCC=Cc1ccccc1. The van der Waals surface area contributed by atoms with Crippen molar-refractivity contribution < 1.29 is 0 Å². The average Bonchev–Trinajstić information content (AvgIpc) is 2.81. The van der Waals surface area contributed by atoms with Gasteiger partial charge >= 0.3 is 0 Å². The highest BCUT2D eigenvalue weighted by Gasteiger charge is 2.09. The quantitative estimate of drug-likeness (QED) is 0.277. The van der Waals surface area contributed by atoms with Crippen LogP contribution in [-0.2, 0) is 0 Å². The first-order valence-corrected chi connectivity index (χ1v) is 11.8. The van der Waals surface area contributed by atoms with Crippen molar-refractivity contribution in [3.63, 3.8) is 0 Å². The highest BCUT2D eigenvalue weighted by Crippen LogP contribution is 2.30. The molecule has 0 unspecified atom stereocenters. The maximum atomic E-state index is 4.88. The molecule has 4 rings (SSSR count). The van der Waals surface area contributed by atoms with Gasteiger partial charge in [-0.15, -0.1) is 0 Å². The van der Waals surface area contributed by atoms with Crippen LogP contribution in [0.2, 0.25) is 0 Å². The van der Waals surface area contributed by atoms with E-state index in [1.54, 1.807) is 23.5 Å². The molecule has 4 heteroatoms. The molecule has 0 saturated carbocycles. The van der Waals surface area contributed by atoms with E-state index >= 15 is 0 Å². The average molecular weight is 427 g/mol. The van der Waals surface area contributed by atoms with E-state index in [1.807, 2.05) is 36.4 Å². The summed E-state index contributed by atoms with van der Waals surface area (Å²) in [4.78, 5) is 9.76. The van der Waals surface area contributed by atoms with Gasteiger partial charge in [-0.25, -0.2) is 9.97 Å². The third kappa shape index (κ3) is 5.85. The lowest BCUT2D eigenvalue weighted by Crippen LogP contribution is -1.93. The molecular formula is C26H22N2S2. The molecule has 1 aromatic heterocycles. The molecule has 0 saturated heterocycles. The zero-order valence-electron chi connectivity index (χ0n) is 16.5. The Bertz CT molecular complexity index is 1050. The highest BCUT2D eigenvalue weighted by atomic mass is 32.2. The summed E-state index contributed by atoms with van der Waals surface area (Å²) in [6, 6.07) is 28.8. The lowest BCUT2D eigenvalue weighted by molar-refractivity contribution is 0.971. The molecule has 0 amide bonds.